The number of benzene rings is 1. The fraction of sp³-hybridized carbons (Fsp3) is 0.300. The molecule has 0 radical (unpaired) electrons. The second-order valence-electron chi connectivity index (χ2n) is 3.69. The van der Waals surface area contributed by atoms with Crippen molar-refractivity contribution in [2.45, 2.75) is 11.0 Å². The minimum atomic E-state index is -4.31. The molecule has 0 amide bonds. The van der Waals surface area contributed by atoms with Crippen LogP contribution in [0.1, 0.15) is 10.4 Å². The highest BCUT2D eigenvalue weighted by atomic mass is 35.5. The number of aliphatic hydroxyl groups is 2. The molecule has 1 aromatic rings. The Balaban J connectivity index is 3.39. The van der Waals surface area contributed by atoms with E-state index in [-0.39, 0.29) is 5.02 Å². The van der Waals surface area contributed by atoms with Gasteiger partial charge < -0.3 is 15.3 Å². The predicted molar refractivity (Wildman–Crippen MR) is 63.5 cm³/mol. The molecular formula is C10H10ClFO6S. The van der Waals surface area contributed by atoms with Crippen LogP contribution in [0.3, 0.4) is 0 Å². The van der Waals surface area contributed by atoms with Crippen molar-refractivity contribution in [3.63, 3.8) is 0 Å². The van der Waals surface area contributed by atoms with Gasteiger partial charge in [-0.05, 0) is 12.1 Å². The average Bonchev–Trinajstić information content (AvgIpc) is 2.30. The van der Waals surface area contributed by atoms with Gasteiger partial charge in [0.05, 0.1) is 24.0 Å². The number of rotatable bonds is 5. The van der Waals surface area contributed by atoms with E-state index in [0.29, 0.717) is 0 Å². The summed E-state index contributed by atoms with van der Waals surface area (Å²) in [5.41, 5.74) is -0.885. The van der Waals surface area contributed by atoms with Gasteiger partial charge in [-0.3, -0.25) is 0 Å². The van der Waals surface area contributed by atoms with Crippen LogP contribution in [0.5, 0.6) is 0 Å². The summed E-state index contributed by atoms with van der Waals surface area (Å²) < 4.78 is 37.4. The van der Waals surface area contributed by atoms with Gasteiger partial charge in [0.15, 0.2) is 15.7 Å². The van der Waals surface area contributed by atoms with Gasteiger partial charge in [0, 0.05) is 5.02 Å². The van der Waals surface area contributed by atoms with Crippen LogP contribution in [0.4, 0.5) is 4.39 Å². The van der Waals surface area contributed by atoms with Crippen LogP contribution >= 0.6 is 11.6 Å². The first kappa shape index (κ1) is 15.8. The molecule has 9 heteroatoms. The second kappa shape index (κ2) is 5.83. The predicted octanol–water partition coefficient (Wildman–Crippen LogP) is 0.304. The summed E-state index contributed by atoms with van der Waals surface area (Å²) in [5.74, 6) is -4.07. The van der Waals surface area contributed by atoms with E-state index < -0.39 is 50.5 Å². The molecule has 0 fully saturated rings. The van der Waals surface area contributed by atoms with Gasteiger partial charge in [-0.15, -0.1) is 0 Å². The van der Waals surface area contributed by atoms with Crippen molar-refractivity contribution >= 4 is 27.4 Å². The van der Waals surface area contributed by atoms with Gasteiger partial charge in [-0.1, -0.05) is 11.6 Å². The molecule has 0 saturated carbocycles. The molecule has 6 nitrogen and oxygen atoms in total. The Hall–Kier alpha value is -1.22. The third kappa shape index (κ3) is 3.63. The lowest BCUT2D eigenvalue weighted by atomic mass is 10.2. The molecule has 106 valence electrons. The van der Waals surface area contributed by atoms with Crippen LogP contribution in [-0.2, 0) is 9.84 Å². The Bertz CT molecular complexity index is 600. The van der Waals surface area contributed by atoms with Gasteiger partial charge in [0.25, 0.3) is 0 Å². The van der Waals surface area contributed by atoms with Crippen LogP contribution in [0.15, 0.2) is 17.0 Å². The monoisotopic (exact) mass is 312 g/mol. The lowest BCUT2D eigenvalue weighted by Gasteiger charge is -2.11. The van der Waals surface area contributed by atoms with E-state index in [1.54, 1.807) is 0 Å². The topological polar surface area (TPSA) is 112 Å². The number of carboxylic acid groups (broad SMARTS) is 1. The first-order chi connectivity index (χ1) is 8.69. The SMILES string of the molecule is O=C(O)c1cc(Cl)cc(S(=O)(=O)CC(O)CO)c1F. The Morgan fingerprint density at radius 3 is 2.47 bits per heavy atom. The van der Waals surface area contributed by atoms with Crippen LogP contribution in [0.2, 0.25) is 5.02 Å². The molecule has 0 aromatic heterocycles. The van der Waals surface area contributed by atoms with Crippen LogP contribution < -0.4 is 0 Å². The molecule has 0 heterocycles. The third-order valence-electron chi connectivity index (χ3n) is 2.19. The van der Waals surface area contributed by atoms with E-state index in [9.17, 15) is 17.6 Å². The normalized spacial score (nSPS) is 13.3. The zero-order valence-electron chi connectivity index (χ0n) is 9.38. The molecule has 0 spiro atoms. The van der Waals surface area contributed by atoms with Gasteiger partial charge in [0.1, 0.15) is 4.90 Å². The maximum absolute atomic E-state index is 13.8. The van der Waals surface area contributed by atoms with Crippen molar-refractivity contribution < 1.29 is 32.9 Å². The first-order valence-corrected chi connectivity index (χ1v) is 6.96. The largest absolute Gasteiger partial charge is 0.478 e. The van der Waals surface area contributed by atoms with Crippen molar-refractivity contribution in [2.75, 3.05) is 12.4 Å². The molecule has 0 aliphatic carbocycles. The highest BCUT2D eigenvalue weighted by molar-refractivity contribution is 7.91. The number of hydrogen-bond acceptors (Lipinski definition) is 5. The molecule has 1 aromatic carbocycles. The van der Waals surface area contributed by atoms with E-state index in [1.807, 2.05) is 0 Å². The number of carbonyl (C=O) groups is 1. The standard InChI is InChI=1S/C10H10ClFO6S/c11-5-1-7(10(15)16)9(12)8(2-5)19(17,18)4-6(14)3-13/h1-2,6,13-14H,3-4H2,(H,15,16). The number of sulfone groups is 1. The van der Waals surface area contributed by atoms with Crippen LogP contribution in [0.25, 0.3) is 0 Å². The molecule has 0 saturated heterocycles. The lowest BCUT2D eigenvalue weighted by molar-refractivity contribution is 0.0691. The lowest BCUT2D eigenvalue weighted by Crippen LogP contribution is -2.25. The Kier molecular flexibility index (Phi) is 4.86. The minimum absolute atomic E-state index is 0.268. The van der Waals surface area contributed by atoms with E-state index in [0.717, 1.165) is 12.1 Å². The molecule has 0 aliphatic rings. The molecule has 0 aliphatic heterocycles. The van der Waals surface area contributed by atoms with Gasteiger partial charge in [-0.2, -0.15) is 0 Å². The number of aromatic carboxylic acids is 1. The fourth-order valence-corrected chi connectivity index (χ4v) is 3.11. The number of halogens is 2. The van der Waals surface area contributed by atoms with Crippen molar-refractivity contribution in [3.05, 3.63) is 28.5 Å². The maximum atomic E-state index is 13.8. The van der Waals surface area contributed by atoms with E-state index >= 15 is 0 Å². The third-order valence-corrected chi connectivity index (χ3v) is 4.20. The Morgan fingerprint density at radius 1 is 1.42 bits per heavy atom. The molecule has 1 rings (SSSR count). The summed E-state index contributed by atoms with van der Waals surface area (Å²) >= 11 is 5.54. The zero-order valence-corrected chi connectivity index (χ0v) is 10.9. The smallest absolute Gasteiger partial charge is 0.338 e. The van der Waals surface area contributed by atoms with Crippen molar-refractivity contribution in [3.8, 4) is 0 Å². The van der Waals surface area contributed by atoms with E-state index in [2.05, 4.69) is 0 Å². The summed E-state index contributed by atoms with van der Waals surface area (Å²) in [6, 6.07) is 1.53. The Labute approximate surface area is 113 Å². The quantitative estimate of drug-likeness (QED) is 0.721. The van der Waals surface area contributed by atoms with Gasteiger partial charge in [0.2, 0.25) is 0 Å². The summed E-state index contributed by atoms with van der Waals surface area (Å²) in [5, 5.41) is 26.1. The molecule has 3 N–H and O–H groups in total. The number of carboxylic acids is 1. The summed E-state index contributed by atoms with van der Waals surface area (Å²) in [7, 11) is -4.31. The molecule has 19 heavy (non-hydrogen) atoms. The second-order valence-corrected chi connectivity index (χ2v) is 6.13. The summed E-state index contributed by atoms with van der Waals surface area (Å²) in [6.45, 7) is -0.826. The first-order valence-electron chi connectivity index (χ1n) is 4.93. The number of hydrogen-bond donors (Lipinski definition) is 3. The highest BCUT2D eigenvalue weighted by Gasteiger charge is 2.27. The molecule has 0 bridgehead atoms. The van der Waals surface area contributed by atoms with Gasteiger partial charge in [-0.25, -0.2) is 17.6 Å². The van der Waals surface area contributed by atoms with E-state index in [4.69, 9.17) is 26.9 Å². The minimum Gasteiger partial charge on any atom is -0.478 e. The van der Waals surface area contributed by atoms with Gasteiger partial charge >= 0.3 is 5.97 Å². The number of aliphatic hydroxyl groups excluding tert-OH is 2. The summed E-state index contributed by atoms with van der Waals surface area (Å²) in [6.07, 6.45) is -1.60. The average molecular weight is 313 g/mol. The highest BCUT2D eigenvalue weighted by Crippen LogP contribution is 2.25. The van der Waals surface area contributed by atoms with E-state index in [1.165, 1.54) is 0 Å². The van der Waals surface area contributed by atoms with Crippen molar-refractivity contribution in [2.24, 2.45) is 0 Å². The molecule has 1 atom stereocenters. The molecular weight excluding hydrogens is 303 g/mol. The Morgan fingerprint density at radius 2 is 2.00 bits per heavy atom. The molecule has 1 unspecified atom stereocenters. The van der Waals surface area contributed by atoms with Crippen LogP contribution in [-0.4, -0.2) is 48.2 Å². The van der Waals surface area contributed by atoms with Crippen molar-refractivity contribution in [1.82, 2.24) is 0 Å². The summed E-state index contributed by atoms with van der Waals surface area (Å²) in [4.78, 5) is 9.82. The van der Waals surface area contributed by atoms with Crippen molar-refractivity contribution in [1.29, 1.82) is 0 Å². The van der Waals surface area contributed by atoms with Crippen LogP contribution in [0, 0.1) is 5.82 Å². The fourth-order valence-electron chi connectivity index (χ4n) is 1.34. The zero-order chi connectivity index (χ0) is 14.8. The maximum Gasteiger partial charge on any atom is 0.338 e.